The van der Waals surface area contributed by atoms with Gasteiger partial charge >= 0.3 is 0 Å². The lowest BCUT2D eigenvalue weighted by Crippen LogP contribution is -2.46. The largest absolute Gasteiger partial charge is 0.374 e. The van der Waals surface area contributed by atoms with Crippen LogP contribution in [0.2, 0.25) is 0 Å². The van der Waals surface area contributed by atoms with Crippen molar-refractivity contribution in [2.45, 2.75) is 19.6 Å². The molecule has 1 aliphatic heterocycles. The lowest BCUT2D eigenvalue weighted by molar-refractivity contribution is -0.0253. The molecule has 6 heteroatoms. The van der Waals surface area contributed by atoms with Crippen molar-refractivity contribution in [1.82, 2.24) is 20.4 Å². The van der Waals surface area contributed by atoms with Crippen LogP contribution in [0.25, 0.3) is 10.6 Å². The lowest BCUT2D eigenvalue weighted by Gasteiger charge is -2.32. The molecule has 2 aromatic heterocycles. The number of nitrogens with zero attached hydrogens (tertiary/aromatic N) is 2. The number of nitrogens with one attached hydrogen (secondary N) is 2. The Labute approximate surface area is 129 Å². The molecular weight excluding hydrogens is 284 g/mol. The second-order valence-electron chi connectivity index (χ2n) is 5.26. The molecule has 0 aliphatic carbocycles. The SMILES string of the molecule is CCN1CCO[C@H](CNCc2cn[nH]c2-c2cccs2)C1. The van der Waals surface area contributed by atoms with Crippen LogP contribution in [0.1, 0.15) is 12.5 Å². The van der Waals surface area contributed by atoms with E-state index in [0.717, 1.165) is 45.0 Å². The molecule has 21 heavy (non-hydrogen) atoms. The first kappa shape index (κ1) is 14.7. The lowest BCUT2D eigenvalue weighted by atomic mass is 10.2. The van der Waals surface area contributed by atoms with E-state index in [1.165, 1.54) is 10.4 Å². The Kier molecular flexibility index (Phi) is 5.03. The Morgan fingerprint density at radius 2 is 2.52 bits per heavy atom. The van der Waals surface area contributed by atoms with E-state index < -0.39 is 0 Å². The number of ether oxygens (including phenoxy) is 1. The highest BCUT2D eigenvalue weighted by Crippen LogP contribution is 2.25. The quantitative estimate of drug-likeness (QED) is 0.856. The number of aromatic nitrogens is 2. The minimum atomic E-state index is 0.288. The molecule has 0 radical (unpaired) electrons. The van der Waals surface area contributed by atoms with Crippen LogP contribution in [0.5, 0.6) is 0 Å². The first-order valence-corrected chi connectivity index (χ1v) is 8.35. The Hall–Kier alpha value is -1.21. The standard InChI is InChI=1S/C15H22N4OS/c1-2-19-5-6-20-13(11-19)10-16-8-12-9-17-18-15(12)14-4-3-7-21-14/h3-4,7,9,13,16H,2,5-6,8,10-11H2,1H3,(H,17,18)/t13-/m1/s1. The molecule has 1 fully saturated rings. The van der Waals surface area contributed by atoms with E-state index in [2.05, 4.69) is 44.9 Å². The van der Waals surface area contributed by atoms with Crippen LogP contribution in [0.4, 0.5) is 0 Å². The molecule has 114 valence electrons. The molecular formula is C15H22N4OS. The van der Waals surface area contributed by atoms with E-state index in [1.54, 1.807) is 11.3 Å². The van der Waals surface area contributed by atoms with Gasteiger partial charge in [-0.1, -0.05) is 13.0 Å². The van der Waals surface area contributed by atoms with Crippen LogP contribution in [-0.2, 0) is 11.3 Å². The Morgan fingerprint density at radius 3 is 3.33 bits per heavy atom. The predicted molar refractivity (Wildman–Crippen MR) is 85.5 cm³/mol. The van der Waals surface area contributed by atoms with Crippen LogP contribution in [-0.4, -0.2) is 54.0 Å². The summed E-state index contributed by atoms with van der Waals surface area (Å²) < 4.78 is 5.81. The normalized spacial score (nSPS) is 20.0. The summed E-state index contributed by atoms with van der Waals surface area (Å²) in [6.45, 7) is 7.91. The van der Waals surface area contributed by atoms with E-state index >= 15 is 0 Å². The third-order valence-electron chi connectivity index (χ3n) is 3.84. The van der Waals surface area contributed by atoms with Gasteiger partial charge < -0.3 is 10.1 Å². The molecule has 2 aromatic rings. The Morgan fingerprint density at radius 1 is 1.57 bits per heavy atom. The van der Waals surface area contributed by atoms with Crippen LogP contribution < -0.4 is 5.32 Å². The monoisotopic (exact) mass is 306 g/mol. The summed E-state index contributed by atoms with van der Waals surface area (Å²) in [5.74, 6) is 0. The summed E-state index contributed by atoms with van der Waals surface area (Å²) in [5.41, 5.74) is 2.33. The molecule has 0 unspecified atom stereocenters. The van der Waals surface area contributed by atoms with E-state index in [0.29, 0.717) is 0 Å². The van der Waals surface area contributed by atoms with Crippen LogP contribution >= 0.6 is 11.3 Å². The fraction of sp³-hybridized carbons (Fsp3) is 0.533. The van der Waals surface area contributed by atoms with Gasteiger partial charge in [-0.05, 0) is 18.0 Å². The van der Waals surface area contributed by atoms with Crippen molar-refractivity contribution in [3.8, 4) is 10.6 Å². The fourth-order valence-electron chi connectivity index (χ4n) is 2.64. The summed E-state index contributed by atoms with van der Waals surface area (Å²) in [6.07, 6.45) is 2.19. The summed E-state index contributed by atoms with van der Waals surface area (Å²) in [6, 6.07) is 4.18. The van der Waals surface area contributed by atoms with Crippen LogP contribution in [0.15, 0.2) is 23.7 Å². The van der Waals surface area contributed by atoms with Crippen molar-refractivity contribution in [3.63, 3.8) is 0 Å². The predicted octanol–water partition coefficient (Wildman–Crippen LogP) is 1.95. The average Bonchev–Trinajstić information content (AvgIpc) is 3.18. The van der Waals surface area contributed by atoms with Crippen molar-refractivity contribution in [2.75, 3.05) is 32.8 Å². The maximum atomic E-state index is 5.81. The summed E-state index contributed by atoms with van der Waals surface area (Å²) in [4.78, 5) is 3.67. The van der Waals surface area contributed by atoms with Crippen LogP contribution in [0, 0.1) is 0 Å². The molecule has 1 atom stereocenters. The average molecular weight is 306 g/mol. The number of rotatable bonds is 6. The number of likely N-dealkylation sites (N-methyl/N-ethyl adjacent to an activating group) is 1. The number of morpholine rings is 1. The van der Waals surface area contributed by atoms with Crippen LogP contribution in [0.3, 0.4) is 0 Å². The van der Waals surface area contributed by atoms with Gasteiger partial charge in [0, 0.05) is 31.7 Å². The minimum Gasteiger partial charge on any atom is -0.374 e. The number of H-pyrrole nitrogens is 1. The molecule has 3 rings (SSSR count). The maximum Gasteiger partial charge on any atom is 0.0826 e. The number of hydrogen-bond donors (Lipinski definition) is 2. The first-order valence-electron chi connectivity index (χ1n) is 7.47. The molecule has 5 nitrogen and oxygen atoms in total. The fourth-order valence-corrected chi connectivity index (χ4v) is 3.39. The van der Waals surface area contributed by atoms with E-state index in [1.807, 2.05) is 6.20 Å². The van der Waals surface area contributed by atoms with E-state index in [-0.39, 0.29) is 6.10 Å². The van der Waals surface area contributed by atoms with Gasteiger partial charge in [-0.3, -0.25) is 10.00 Å². The molecule has 0 aromatic carbocycles. The van der Waals surface area contributed by atoms with Gasteiger partial charge in [0.15, 0.2) is 0 Å². The first-order chi connectivity index (χ1) is 10.4. The van der Waals surface area contributed by atoms with Gasteiger partial charge in [0.05, 0.1) is 29.5 Å². The van der Waals surface area contributed by atoms with E-state index in [4.69, 9.17) is 4.74 Å². The summed E-state index contributed by atoms with van der Waals surface area (Å²) in [5, 5.41) is 12.8. The molecule has 2 N–H and O–H groups in total. The van der Waals surface area contributed by atoms with Crippen molar-refractivity contribution < 1.29 is 4.74 Å². The summed E-state index contributed by atoms with van der Waals surface area (Å²) in [7, 11) is 0. The van der Waals surface area contributed by atoms with Gasteiger partial charge in [0.1, 0.15) is 0 Å². The molecule has 0 amide bonds. The highest BCUT2D eigenvalue weighted by molar-refractivity contribution is 7.13. The second-order valence-corrected chi connectivity index (χ2v) is 6.21. The third kappa shape index (κ3) is 3.71. The molecule has 0 bridgehead atoms. The van der Waals surface area contributed by atoms with Crippen molar-refractivity contribution >= 4 is 11.3 Å². The van der Waals surface area contributed by atoms with Gasteiger partial charge in [-0.25, -0.2) is 0 Å². The second kappa shape index (κ2) is 7.17. The van der Waals surface area contributed by atoms with Crippen molar-refractivity contribution in [1.29, 1.82) is 0 Å². The van der Waals surface area contributed by atoms with Gasteiger partial charge in [-0.2, -0.15) is 5.10 Å². The zero-order chi connectivity index (χ0) is 14.5. The molecule has 3 heterocycles. The maximum absolute atomic E-state index is 5.81. The Bertz CT molecular complexity index is 540. The number of aromatic amines is 1. The topological polar surface area (TPSA) is 53.2 Å². The number of hydrogen-bond acceptors (Lipinski definition) is 5. The van der Waals surface area contributed by atoms with Gasteiger partial charge in [-0.15, -0.1) is 11.3 Å². The third-order valence-corrected chi connectivity index (χ3v) is 4.73. The molecule has 0 saturated carbocycles. The number of thiophene rings is 1. The molecule has 0 spiro atoms. The smallest absolute Gasteiger partial charge is 0.0826 e. The zero-order valence-corrected chi connectivity index (χ0v) is 13.2. The van der Waals surface area contributed by atoms with Gasteiger partial charge in [0.25, 0.3) is 0 Å². The van der Waals surface area contributed by atoms with Crippen molar-refractivity contribution in [3.05, 3.63) is 29.3 Å². The summed E-state index contributed by atoms with van der Waals surface area (Å²) >= 11 is 1.73. The molecule has 1 saturated heterocycles. The highest BCUT2D eigenvalue weighted by atomic mass is 32.1. The zero-order valence-electron chi connectivity index (χ0n) is 12.3. The Balaban J connectivity index is 1.51. The van der Waals surface area contributed by atoms with Gasteiger partial charge in [0.2, 0.25) is 0 Å². The van der Waals surface area contributed by atoms with E-state index in [9.17, 15) is 0 Å². The minimum absolute atomic E-state index is 0.288. The highest BCUT2D eigenvalue weighted by Gasteiger charge is 2.19. The molecule has 1 aliphatic rings. The van der Waals surface area contributed by atoms with Crippen molar-refractivity contribution in [2.24, 2.45) is 0 Å².